The van der Waals surface area contributed by atoms with E-state index in [0.29, 0.717) is 28.1 Å². The molecule has 0 bridgehead atoms. The maximum atomic E-state index is 11.9. The summed E-state index contributed by atoms with van der Waals surface area (Å²) in [6.45, 7) is 4.00. The Hall–Kier alpha value is -1.49. The summed E-state index contributed by atoms with van der Waals surface area (Å²) < 4.78 is 10.9. The van der Waals surface area contributed by atoms with Gasteiger partial charge in [0.2, 0.25) is 0 Å². The summed E-state index contributed by atoms with van der Waals surface area (Å²) in [5.41, 5.74) is 0.431. The van der Waals surface area contributed by atoms with E-state index in [4.69, 9.17) is 9.47 Å². The zero-order valence-electron chi connectivity index (χ0n) is 9.75. The summed E-state index contributed by atoms with van der Waals surface area (Å²) in [5, 5.41) is 2.70. The first kappa shape index (κ1) is 13.6. The molecule has 17 heavy (non-hydrogen) atoms. The van der Waals surface area contributed by atoms with Gasteiger partial charge < -0.3 is 14.8 Å². The molecule has 0 atom stereocenters. The summed E-state index contributed by atoms with van der Waals surface area (Å²) in [5.74, 6) is 0.874. The minimum atomic E-state index is -0.235. The van der Waals surface area contributed by atoms with E-state index in [1.54, 1.807) is 25.3 Å². The fourth-order valence-electron chi connectivity index (χ4n) is 1.26. The van der Waals surface area contributed by atoms with Crippen molar-refractivity contribution in [3.05, 3.63) is 34.8 Å². The van der Waals surface area contributed by atoms with Crippen molar-refractivity contribution >= 4 is 21.8 Å². The van der Waals surface area contributed by atoms with Gasteiger partial charge in [0, 0.05) is 11.0 Å². The van der Waals surface area contributed by atoms with E-state index < -0.39 is 0 Å². The quantitative estimate of drug-likeness (QED) is 0.908. The highest BCUT2D eigenvalue weighted by Gasteiger charge is 2.13. The summed E-state index contributed by atoms with van der Waals surface area (Å²) in [4.78, 5) is 11.9. The third-order valence-corrected chi connectivity index (χ3v) is 2.37. The smallest absolute Gasteiger partial charge is 0.255 e. The van der Waals surface area contributed by atoms with Crippen molar-refractivity contribution in [3.63, 3.8) is 0 Å². The van der Waals surface area contributed by atoms with Gasteiger partial charge in [0.05, 0.1) is 19.8 Å². The first-order chi connectivity index (χ1) is 8.08. The van der Waals surface area contributed by atoms with Gasteiger partial charge in [-0.25, -0.2) is 0 Å². The summed E-state index contributed by atoms with van der Waals surface area (Å²) in [6, 6.07) is 5.06. The molecule has 0 saturated carbocycles. The number of methoxy groups -OCH3 is 2. The minimum Gasteiger partial charge on any atom is -0.497 e. The van der Waals surface area contributed by atoms with Gasteiger partial charge >= 0.3 is 0 Å². The SMILES string of the molecule is C=C(Br)CNC(=O)c1cc(OC)ccc1OC. The van der Waals surface area contributed by atoms with Crippen LogP contribution in [-0.2, 0) is 0 Å². The average molecular weight is 300 g/mol. The normalized spacial score (nSPS) is 9.59. The van der Waals surface area contributed by atoms with Gasteiger partial charge in [-0.3, -0.25) is 4.79 Å². The standard InChI is InChI=1S/C12H14BrNO3/c1-8(13)7-14-12(15)10-6-9(16-2)4-5-11(10)17-3/h4-6H,1,7H2,2-3H3,(H,14,15). The topological polar surface area (TPSA) is 47.6 Å². The highest BCUT2D eigenvalue weighted by atomic mass is 79.9. The van der Waals surface area contributed by atoms with Crippen LogP contribution < -0.4 is 14.8 Å². The summed E-state index contributed by atoms with van der Waals surface area (Å²) in [6.07, 6.45) is 0. The second-order valence-electron chi connectivity index (χ2n) is 3.27. The molecule has 0 spiro atoms. The van der Waals surface area contributed by atoms with Gasteiger partial charge in [-0.05, 0) is 18.2 Å². The monoisotopic (exact) mass is 299 g/mol. The van der Waals surface area contributed by atoms with Gasteiger partial charge in [0.25, 0.3) is 5.91 Å². The molecule has 0 radical (unpaired) electrons. The van der Waals surface area contributed by atoms with Crippen LogP contribution >= 0.6 is 15.9 Å². The van der Waals surface area contributed by atoms with E-state index in [1.807, 2.05) is 0 Å². The third kappa shape index (κ3) is 3.78. The van der Waals surface area contributed by atoms with Crippen LogP contribution in [0.15, 0.2) is 29.3 Å². The van der Waals surface area contributed by atoms with Crippen LogP contribution in [0.25, 0.3) is 0 Å². The number of halogens is 1. The second kappa shape index (κ2) is 6.30. The molecular weight excluding hydrogens is 286 g/mol. The minimum absolute atomic E-state index is 0.235. The first-order valence-electron chi connectivity index (χ1n) is 4.92. The van der Waals surface area contributed by atoms with Crippen LogP contribution in [0, 0.1) is 0 Å². The highest BCUT2D eigenvalue weighted by molar-refractivity contribution is 9.11. The predicted molar refractivity (Wildman–Crippen MR) is 69.9 cm³/mol. The van der Waals surface area contributed by atoms with Crippen molar-refractivity contribution in [1.82, 2.24) is 5.32 Å². The van der Waals surface area contributed by atoms with Crippen LogP contribution in [0.4, 0.5) is 0 Å². The van der Waals surface area contributed by atoms with Crippen molar-refractivity contribution in [2.75, 3.05) is 20.8 Å². The molecule has 1 aromatic rings. The molecule has 0 aliphatic rings. The molecule has 4 nitrogen and oxygen atoms in total. The maximum Gasteiger partial charge on any atom is 0.255 e. The van der Waals surface area contributed by atoms with E-state index >= 15 is 0 Å². The lowest BCUT2D eigenvalue weighted by Gasteiger charge is -2.10. The number of carbonyl (C=O) groups excluding carboxylic acids is 1. The van der Waals surface area contributed by atoms with Crippen molar-refractivity contribution < 1.29 is 14.3 Å². The van der Waals surface area contributed by atoms with E-state index in [-0.39, 0.29) is 5.91 Å². The molecule has 0 aliphatic heterocycles. The van der Waals surface area contributed by atoms with Gasteiger partial charge in [-0.1, -0.05) is 22.5 Å². The molecule has 0 aliphatic carbocycles. The van der Waals surface area contributed by atoms with Crippen LogP contribution in [0.2, 0.25) is 0 Å². The second-order valence-corrected chi connectivity index (χ2v) is 4.39. The van der Waals surface area contributed by atoms with Crippen molar-refractivity contribution in [2.24, 2.45) is 0 Å². The van der Waals surface area contributed by atoms with Crippen molar-refractivity contribution in [3.8, 4) is 11.5 Å². The number of amides is 1. The van der Waals surface area contributed by atoms with Gasteiger partial charge in [-0.2, -0.15) is 0 Å². The highest BCUT2D eigenvalue weighted by Crippen LogP contribution is 2.23. The molecule has 0 heterocycles. The number of rotatable bonds is 5. The van der Waals surface area contributed by atoms with Crippen LogP contribution in [0.3, 0.4) is 0 Å². The number of hydrogen-bond acceptors (Lipinski definition) is 3. The largest absolute Gasteiger partial charge is 0.497 e. The van der Waals surface area contributed by atoms with Crippen LogP contribution in [0.5, 0.6) is 11.5 Å². The Morgan fingerprint density at radius 2 is 2.12 bits per heavy atom. The molecule has 0 unspecified atom stereocenters. The van der Waals surface area contributed by atoms with E-state index in [2.05, 4.69) is 27.8 Å². The van der Waals surface area contributed by atoms with E-state index in [0.717, 1.165) is 0 Å². The molecule has 1 aromatic carbocycles. The molecule has 1 N–H and O–H groups in total. The average Bonchev–Trinajstić information content (AvgIpc) is 2.34. The Balaban J connectivity index is 2.93. The Bertz CT molecular complexity index is 432. The molecule has 5 heteroatoms. The first-order valence-corrected chi connectivity index (χ1v) is 5.71. The number of hydrogen-bond donors (Lipinski definition) is 1. The number of ether oxygens (including phenoxy) is 2. The van der Waals surface area contributed by atoms with Gasteiger partial charge in [-0.15, -0.1) is 0 Å². The third-order valence-electron chi connectivity index (χ3n) is 2.09. The lowest BCUT2D eigenvalue weighted by Crippen LogP contribution is -2.24. The Morgan fingerprint density at radius 3 is 2.65 bits per heavy atom. The van der Waals surface area contributed by atoms with E-state index in [9.17, 15) is 4.79 Å². The molecule has 0 aromatic heterocycles. The van der Waals surface area contributed by atoms with Gasteiger partial charge in [0.15, 0.2) is 0 Å². The maximum absolute atomic E-state index is 11.9. The lowest BCUT2D eigenvalue weighted by molar-refractivity contribution is 0.0954. The fourth-order valence-corrected chi connectivity index (χ4v) is 1.40. The molecule has 0 saturated heterocycles. The van der Waals surface area contributed by atoms with Gasteiger partial charge in [0.1, 0.15) is 11.5 Å². The number of benzene rings is 1. The van der Waals surface area contributed by atoms with E-state index in [1.165, 1.54) is 7.11 Å². The lowest BCUT2D eigenvalue weighted by atomic mass is 10.1. The van der Waals surface area contributed by atoms with Crippen LogP contribution in [0.1, 0.15) is 10.4 Å². The molecule has 92 valence electrons. The fraction of sp³-hybridized carbons (Fsp3) is 0.250. The number of nitrogens with one attached hydrogen (secondary N) is 1. The molecular formula is C12H14BrNO3. The summed E-state index contributed by atoms with van der Waals surface area (Å²) >= 11 is 3.17. The summed E-state index contributed by atoms with van der Waals surface area (Å²) in [7, 11) is 3.06. The Kier molecular flexibility index (Phi) is 5.03. The zero-order valence-corrected chi connectivity index (χ0v) is 11.3. The number of carbonyl (C=O) groups is 1. The van der Waals surface area contributed by atoms with Crippen molar-refractivity contribution in [2.45, 2.75) is 0 Å². The Labute approximate surface area is 109 Å². The molecule has 1 amide bonds. The van der Waals surface area contributed by atoms with Crippen LogP contribution in [-0.4, -0.2) is 26.7 Å². The molecule has 1 rings (SSSR count). The van der Waals surface area contributed by atoms with Crippen molar-refractivity contribution in [1.29, 1.82) is 0 Å². The Morgan fingerprint density at radius 1 is 1.41 bits per heavy atom. The molecule has 0 fully saturated rings. The predicted octanol–water partition coefficient (Wildman–Crippen LogP) is 2.34. The zero-order chi connectivity index (χ0) is 12.8.